The quantitative estimate of drug-likeness (QED) is 0.797. The highest BCUT2D eigenvalue weighted by Crippen LogP contribution is 2.22. The van der Waals surface area contributed by atoms with Crippen LogP contribution in [0.3, 0.4) is 0 Å². The Hall–Kier alpha value is -1.40. The molecule has 0 saturated carbocycles. The second kappa shape index (κ2) is 8.62. The molecule has 0 N–H and O–H groups in total. The maximum Gasteiger partial charge on any atom is 0.234 e. The lowest BCUT2D eigenvalue weighted by molar-refractivity contribution is -0.0672. The van der Waals surface area contributed by atoms with Gasteiger partial charge in [-0.2, -0.15) is 4.98 Å². The van der Waals surface area contributed by atoms with E-state index in [2.05, 4.69) is 14.9 Å². The maximum atomic E-state index is 6.07. The Morgan fingerprint density at radius 1 is 1.21 bits per heavy atom. The molecule has 0 radical (unpaired) electrons. The molecule has 0 bridgehead atoms. The highest BCUT2D eigenvalue weighted by atomic mass is 16.5. The van der Waals surface area contributed by atoms with Crippen LogP contribution in [-0.2, 0) is 9.47 Å². The van der Waals surface area contributed by atoms with Crippen molar-refractivity contribution in [2.75, 3.05) is 31.2 Å². The van der Waals surface area contributed by atoms with Gasteiger partial charge in [0.15, 0.2) is 5.82 Å². The van der Waals surface area contributed by atoms with Gasteiger partial charge in [0, 0.05) is 19.7 Å². The fourth-order valence-corrected chi connectivity index (χ4v) is 3.22. The van der Waals surface area contributed by atoms with E-state index >= 15 is 0 Å². The predicted molar refractivity (Wildman–Crippen MR) is 92.6 cm³/mol. The van der Waals surface area contributed by atoms with Crippen molar-refractivity contribution in [1.82, 2.24) is 9.97 Å². The van der Waals surface area contributed by atoms with E-state index in [-0.39, 0.29) is 6.10 Å². The van der Waals surface area contributed by atoms with Gasteiger partial charge in [0.1, 0.15) is 0 Å². The molecule has 0 aliphatic carbocycles. The number of hydrogen-bond acceptors (Lipinski definition) is 6. The Bertz CT molecular complexity index is 498. The summed E-state index contributed by atoms with van der Waals surface area (Å²) in [4.78, 5) is 11.1. The molecule has 2 fully saturated rings. The van der Waals surface area contributed by atoms with Crippen LogP contribution < -0.4 is 9.64 Å². The van der Waals surface area contributed by atoms with Crippen LogP contribution in [0, 0.1) is 0 Å². The van der Waals surface area contributed by atoms with Crippen molar-refractivity contribution in [3.05, 3.63) is 12.4 Å². The fraction of sp³-hybridized carbons (Fsp3) is 0.778. The third-order valence-electron chi connectivity index (χ3n) is 4.51. The summed E-state index contributed by atoms with van der Waals surface area (Å²) in [5.41, 5.74) is 0. The maximum absolute atomic E-state index is 6.07. The van der Waals surface area contributed by atoms with E-state index in [0.717, 1.165) is 51.4 Å². The molecule has 3 rings (SSSR count). The van der Waals surface area contributed by atoms with Crippen LogP contribution in [0.15, 0.2) is 12.4 Å². The topological polar surface area (TPSA) is 56.7 Å². The summed E-state index contributed by atoms with van der Waals surface area (Å²) < 4.78 is 17.4. The predicted octanol–water partition coefficient (Wildman–Crippen LogP) is 2.82. The first kappa shape index (κ1) is 17.4. The minimum Gasteiger partial charge on any atom is -0.474 e. The van der Waals surface area contributed by atoms with E-state index in [1.165, 1.54) is 12.8 Å². The average Bonchev–Trinajstić information content (AvgIpc) is 2.61. The molecule has 1 aromatic rings. The van der Waals surface area contributed by atoms with Gasteiger partial charge in [-0.05, 0) is 46.0 Å². The van der Waals surface area contributed by atoms with Crippen molar-refractivity contribution < 1.29 is 14.2 Å². The highest BCUT2D eigenvalue weighted by Gasteiger charge is 2.23. The Morgan fingerprint density at radius 3 is 2.75 bits per heavy atom. The van der Waals surface area contributed by atoms with Crippen molar-refractivity contribution in [1.29, 1.82) is 0 Å². The lowest BCUT2D eigenvalue weighted by Crippen LogP contribution is -2.39. The minimum absolute atomic E-state index is 0.107. The number of rotatable bonds is 6. The van der Waals surface area contributed by atoms with Gasteiger partial charge in [-0.1, -0.05) is 0 Å². The van der Waals surface area contributed by atoms with E-state index in [1.807, 2.05) is 20.0 Å². The van der Waals surface area contributed by atoms with Crippen LogP contribution in [0.25, 0.3) is 0 Å². The molecular formula is C18H29N3O3. The van der Waals surface area contributed by atoms with E-state index < -0.39 is 0 Å². The van der Waals surface area contributed by atoms with Crippen LogP contribution in [0.4, 0.5) is 5.82 Å². The number of piperidine rings is 1. The first-order chi connectivity index (χ1) is 11.7. The largest absolute Gasteiger partial charge is 0.474 e. The summed E-state index contributed by atoms with van der Waals surface area (Å²) in [6, 6.07) is 0. The second-order valence-corrected chi connectivity index (χ2v) is 6.89. The van der Waals surface area contributed by atoms with Gasteiger partial charge < -0.3 is 19.1 Å². The summed E-state index contributed by atoms with van der Waals surface area (Å²) in [5.74, 6) is 1.48. The SMILES string of the molecule is CC(C)Oc1cncc(N2CCC(OCC3CCCCO3)CC2)n1. The lowest BCUT2D eigenvalue weighted by atomic mass is 10.1. The Kier molecular flexibility index (Phi) is 6.26. The van der Waals surface area contributed by atoms with Crippen LogP contribution in [0.1, 0.15) is 46.0 Å². The van der Waals surface area contributed by atoms with Crippen molar-refractivity contribution in [2.45, 2.75) is 64.3 Å². The van der Waals surface area contributed by atoms with Crippen LogP contribution >= 0.6 is 0 Å². The first-order valence-corrected chi connectivity index (χ1v) is 9.17. The third-order valence-corrected chi connectivity index (χ3v) is 4.51. The molecule has 0 amide bonds. The summed E-state index contributed by atoms with van der Waals surface area (Å²) in [5, 5.41) is 0. The molecule has 2 aliphatic heterocycles. The van der Waals surface area contributed by atoms with Crippen molar-refractivity contribution in [2.24, 2.45) is 0 Å². The molecular weight excluding hydrogens is 306 g/mol. The molecule has 1 aromatic heterocycles. The molecule has 2 saturated heterocycles. The summed E-state index contributed by atoms with van der Waals surface area (Å²) in [6.07, 6.45) is 9.84. The molecule has 134 valence electrons. The summed E-state index contributed by atoms with van der Waals surface area (Å²) in [6.45, 7) is 7.49. The minimum atomic E-state index is 0.107. The van der Waals surface area contributed by atoms with E-state index in [9.17, 15) is 0 Å². The van der Waals surface area contributed by atoms with Gasteiger partial charge in [-0.15, -0.1) is 0 Å². The Labute approximate surface area is 144 Å². The smallest absolute Gasteiger partial charge is 0.234 e. The van der Waals surface area contributed by atoms with Crippen molar-refractivity contribution >= 4 is 5.82 Å². The lowest BCUT2D eigenvalue weighted by Gasteiger charge is -2.33. The molecule has 1 unspecified atom stereocenters. The number of nitrogens with zero attached hydrogens (tertiary/aromatic N) is 3. The zero-order valence-electron chi connectivity index (χ0n) is 14.8. The Morgan fingerprint density at radius 2 is 2.04 bits per heavy atom. The van der Waals surface area contributed by atoms with Crippen molar-refractivity contribution in [3.63, 3.8) is 0 Å². The van der Waals surface area contributed by atoms with Crippen LogP contribution in [0.2, 0.25) is 0 Å². The van der Waals surface area contributed by atoms with Crippen LogP contribution in [-0.4, -0.2) is 54.6 Å². The number of ether oxygens (including phenoxy) is 3. The summed E-state index contributed by atoms with van der Waals surface area (Å²) >= 11 is 0. The standard InChI is InChI=1S/C18H29N3O3/c1-14(2)24-18-12-19-11-17(20-18)21-8-6-15(7-9-21)23-13-16-5-3-4-10-22-16/h11-12,14-16H,3-10,13H2,1-2H3. The second-order valence-electron chi connectivity index (χ2n) is 6.89. The van der Waals surface area contributed by atoms with E-state index in [4.69, 9.17) is 14.2 Å². The molecule has 3 heterocycles. The molecule has 1 atom stereocenters. The monoisotopic (exact) mass is 335 g/mol. The van der Waals surface area contributed by atoms with Gasteiger partial charge in [0.05, 0.1) is 37.3 Å². The van der Waals surface area contributed by atoms with E-state index in [0.29, 0.717) is 18.1 Å². The zero-order valence-corrected chi connectivity index (χ0v) is 14.8. The van der Waals surface area contributed by atoms with Gasteiger partial charge in [-0.25, -0.2) is 0 Å². The average molecular weight is 335 g/mol. The first-order valence-electron chi connectivity index (χ1n) is 9.17. The fourth-order valence-electron chi connectivity index (χ4n) is 3.22. The third kappa shape index (κ3) is 5.05. The van der Waals surface area contributed by atoms with Gasteiger partial charge in [0.2, 0.25) is 5.88 Å². The number of anilines is 1. The van der Waals surface area contributed by atoms with Crippen molar-refractivity contribution in [3.8, 4) is 5.88 Å². The highest BCUT2D eigenvalue weighted by molar-refractivity contribution is 5.38. The molecule has 24 heavy (non-hydrogen) atoms. The molecule has 6 heteroatoms. The number of aromatic nitrogens is 2. The van der Waals surface area contributed by atoms with Crippen LogP contribution in [0.5, 0.6) is 5.88 Å². The van der Waals surface area contributed by atoms with Gasteiger partial charge >= 0.3 is 0 Å². The van der Waals surface area contributed by atoms with Gasteiger partial charge in [0.25, 0.3) is 0 Å². The van der Waals surface area contributed by atoms with E-state index in [1.54, 1.807) is 6.20 Å². The molecule has 2 aliphatic rings. The molecule has 0 spiro atoms. The molecule has 6 nitrogen and oxygen atoms in total. The Balaban J connectivity index is 1.44. The zero-order chi connectivity index (χ0) is 16.8. The normalized spacial score (nSPS) is 22.8. The molecule has 0 aromatic carbocycles. The summed E-state index contributed by atoms with van der Waals surface area (Å²) in [7, 11) is 0. The van der Waals surface area contributed by atoms with Gasteiger partial charge in [-0.3, -0.25) is 4.98 Å². The number of hydrogen-bond donors (Lipinski definition) is 0.